The number of fused-ring (bicyclic) bond motifs is 9. The van der Waals surface area contributed by atoms with Crippen molar-refractivity contribution in [2.24, 2.45) is 11.8 Å². The summed E-state index contributed by atoms with van der Waals surface area (Å²) in [5, 5.41) is 0. The highest BCUT2D eigenvalue weighted by atomic mass is 14.6. The van der Waals surface area contributed by atoms with Crippen molar-refractivity contribution in [1.29, 1.82) is 0 Å². The quantitative estimate of drug-likeness (QED) is 0.495. The van der Waals surface area contributed by atoms with Crippen LogP contribution >= 0.6 is 0 Å². The summed E-state index contributed by atoms with van der Waals surface area (Å²) in [6, 6.07) is 18.5. The first-order chi connectivity index (χ1) is 13.7. The topological polar surface area (TPSA) is 0 Å². The smallest absolute Gasteiger partial charge is 0.0500 e. The molecule has 0 N–H and O–H groups in total. The summed E-state index contributed by atoms with van der Waals surface area (Å²) in [6.45, 7) is 4.71. The molecule has 4 aliphatic rings. The van der Waals surface area contributed by atoms with Gasteiger partial charge in [-0.2, -0.15) is 0 Å². The van der Waals surface area contributed by atoms with Crippen molar-refractivity contribution in [3.05, 3.63) is 94.1 Å². The summed E-state index contributed by atoms with van der Waals surface area (Å²) in [4.78, 5) is 0. The Morgan fingerprint density at radius 3 is 2.14 bits per heavy atom. The summed E-state index contributed by atoms with van der Waals surface area (Å²) < 4.78 is 0. The lowest BCUT2D eigenvalue weighted by Crippen LogP contribution is -2.35. The van der Waals surface area contributed by atoms with Crippen LogP contribution in [0.3, 0.4) is 0 Å². The number of allylic oxidation sites excluding steroid dienone is 6. The van der Waals surface area contributed by atoms with Crippen LogP contribution in [0, 0.1) is 11.8 Å². The van der Waals surface area contributed by atoms with E-state index in [1.807, 2.05) is 0 Å². The van der Waals surface area contributed by atoms with Crippen molar-refractivity contribution < 1.29 is 0 Å². The average Bonchev–Trinajstić information content (AvgIpc) is 3.21. The van der Waals surface area contributed by atoms with E-state index in [1.165, 1.54) is 43.2 Å². The molecule has 140 valence electrons. The maximum absolute atomic E-state index is 2.50. The highest BCUT2D eigenvalue weighted by Crippen LogP contribution is 2.67. The molecule has 0 saturated heterocycles. The standard InChI is InChI=1S/C28H28/c1-18(2)19-15-16-23-22-11-5-8-14-26(22)28(27(23)17-19)24-12-6-3-9-20(24)21-10-4-7-13-25(21)28/h3-4,6-7,9-10,12-13,15-16,18,27H,5,8,11,14,17H2,1-2H3. The molecule has 1 atom stereocenters. The Morgan fingerprint density at radius 2 is 1.46 bits per heavy atom. The molecule has 0 aliphatic heterocycles. The van der Waals surface area contributed by atoms with Crippen LogP contribution in [0.5, 0.6) is 0 Å². The van der Waals surface area contributed by atoms with Gasteiger partial charge in [-0.25, -0.2) is 0 Å². The van der Waals surface area contributed by atoms with E-state index in [-0.39, 0.29) is 5.41 Å². The minimum atomic E-state index is 0.0726. The highest BCUT2D eigenvalue weighted by molar-refractivity contribution is 5.86. The summed E-state index contributed by atoms with van der Waals surface area (Å²) in [5.74, 6) is 1.20. The van der Waals surface area contributed by atoms with Gasteiger partial charge in [0, 0.05) is 5.92 Å². The lowest BCUT2D eigenvalue weighted by atomic mass is 9.62. The van der Waals surface area contributed by atoms with Gasteiger partial charge in [0.15, 0.2) is 0 Å². The van der Waals surface area contributed by atoms with Gasteiger partial charge in [-0.1, -0.05) is 85.7 Å². The first-order valence-corrected chi connectivity index (χ1v) is 11.1. The van der Waals surface area contributed by atoms with Crippen molar-refractivity contribution >= 4 is 0 Å². The average molecular weight is 365 g/mol. The number of rotatable bonds is 1. The summed E-state index contributed by atoms with van der Waals surface area (Å²) in [5.41, 5.74) is 12.9. The van der Waals surface area contributed by atoms with Gasteiger partial charge in [-0.15, -0.1) is 0 Å². The van der Waals surface area contributed by atoms with Crippen molar-refractivity contribution in [3.63, 3.8) is 0 Å². The fourth-order valence-corrected chi connectivity index (χ4v) is 6.69. The number of hydrogen-bond acceptors (Lipinski definition) is 0. The Hall–Kier alpha value is -2.34. The van der Waals surface area contributed by atoms with E-state index in [0.717, 1.165) is 0 Å². The number of benzene rings is 2. The maximum Gasteiger partial charge on any atom is 0.0500 e. The zero-order chi connectivity index (χ0) is 18.9. The minimum absolute atomic E-state index is 0.0726. The van der Waals surface area contributed by atoms with E-state index >= 15 is 0 Å². The van der Waals surface area contributed by atoms with Gasteiger partial charge in [-0.05, 0) is 71.4 Å². The van der Waals surface area contributed by atoms with E-state index in [2.05, 4.69) is 74.5 Å². The SMILES string of the molecule is CC(C)C1=CC=C2C3=C(CCCC3)C3(c4ccccc4-c4ccccc43)C2C1. The van der Waals surface area contributed by atoms with Gasteiger partial charge < -0.3 is 0 Å². The van der Waals surface area contributed by atoms with Crippen molar-refractivity contribution in [2.45, 2.75) is 51.4 Å². The maximum atomic E-state index is 2.50. The molecule has 0 amide bonds. The minimum Gasteiger partial charge on any atom is -0.0670 e. The second-order valence-electron chi connectivity index (χ2n) is 9.34. The molecule has 0 saturated carbocycles. The molecule has 0 aromatic heterocycles. The molecule has 0 bridgehead atoms. The zero-order valence-electron chi connectivity index (χ0n) is 17.0. The molecule has 0 heteroatoms. The van der Waals surface area contributed by atoms with Crippen LogP contribution in [-0.2, 0) is 5.41 Å². The normalized spacial score (nSPS) is 23.9. The van der Waals surface area contributed by atoms with Crippen LogP contribution in [0.2, 0.25) is 0 Å². The zero-order valence-corrected chi connectivity index (χ0v) is 17.0. The first kappa shape index (κ1) is 16.6. The Bertz CT molecular complexity index is 1030. The van der Waals surface area contributed by atoms with Crippen LogP contribution in [0.1, 0.15) is 57.1 Å². The Labute approximate surface area is 168 Å². The molecule has 28 heavy (non-hydrogen) atoms. The van der Waals surface area contributed by atoms with Crippen molar-refractivity contribution in [2.75, 3.05) is 0 Å². The van der Waals surface area contributed by atoms with Gasteiger partial charge in [-0.3, -0.25) is 0 Å². The van der Waals surface area contributed by atoms with Gasteiger partial charge in [0.05, 0.1) is 5.41 Å². The van der Waals surface area contributed by atoms with Crippen molar-refractivity contribution in [1.82, 2.24) is 0 Å². The fraction of sp³-hybridized carbons (Fsp3) is 0.357. The molecule has 6 rings (SSSR count). The van der Waals surface area contributed by atoms with Crippen LogP contribution in [-0.4, -0.2) is 0 Å². The van der Waals surface area contributed by atoms with E-state index in [1.54, 1.807) is 33.4 Å². The monoisotopic (exact) mass is 364 g/mol. The molecule has 2 aromatic carbocycles. The molecule has 1 unspecified atom stereocenters. The predicted octanol–water partition coefficient (Wildman–Crippen LogP) is 7.37. The van der Waals surface area contributed by atoms with Crippen LogP contribution in [0.15, 0.2) is 83.0 Å². The molecule has 2 aromatic rings. The van der Waals surface area contributed by atoms with Crippen LogP contribution in [0.25, 0.3) is 11.1 Å². The second-order valence-corrected chi connectivity index (χ2v) is 9.34. The van der Waals surface area contributed by atoms with E-state index in [4.69, 9.17) is 0 Å². The van der Waals surface area contributed by atoms with Gasteiger partial charge in [0.2, 0.25) is 0 Å². The Balaban J connectivity index is 1.70. The van der Waals surface area contributed by atoms with E-state index in [9.17, 15) is 0 Å². The molecule has 0 fully saturated rings. The van der Waals surface area contributed by atoms with Gasteiger partial charge in [0.25, 0.3) is 0 Å². The third kappa shape index (κ3) is 1.91. The van der Waals surface area contributed by atoms with Crippen molar-refractivity contribution in [3.8, 4) is 11.1 Å². The van der Waals surface area contributed by atoms with Gasteiger partial charge >= 0.3 is 0 Å². The fourth-order valence-electron chi connectivity index (χ4n) is 6.69. The molecule has 1 spiro atoms. The molecule has 0 radical (unpaired) electrons. The first-order valence-electron chi connectivity index (χ1n) is 11.1. The third-order valence-corrected chi connectivity index (χ3v) is 7.84. The largest absolute Gasteiger partial charge is 0.0670 e. The Morgan fingerprint density at radius 1 is 0.821 bits per heavy atom. The molecule has 4 aliphatic carbocycles. The summed E-state index contributed by atoms with van der Waals surface area (Å²) in [6.07, 6.45) is 11.4. The van der Waals surface area contributed by atoms with E-state index in [0.29, 0.717) is 11.8 Å². The molecule has 0 nitrogen and oxygen atoms in total. The summed E-state index contributed by atoms with van der Waals surface area (Å²) >= 11 is 0. The molecule has 0 heterocycles. The van der Waals surface area contributed by atoms with Crippen LogP contribution < -0.4 is 0 Å². The molecular weight excluding hydrogens is 336 g/mol. The number of hydrogen-bond donors (Lipinski definition) is 0. The van der Waals surface area contributed by atoms with E-state index < -0.39 is 0 Å². The van der Waals surface area contributed by atoms with Crippen LogP contribution in [0.4, 0.5) is 0 Å². The Kier molecular flexibility index (Phi) is 3.46. The summed E-state index contributed by atoms with van der Waals surface area (Å²) in [7, 11) is 0. The lowest BCUT2D eigenvalue weighted by molar-refractivity contribution is 0.424. The van der Waals surface area contributed by atoms with Gasteiger partial charge in [0.1, 0.15) is 0 Å². The second kappa shape index (κ2) is 5.83. The third-order valence-electron chi connectivity index (χ3n) is 7.84. The predicted molar refractivity (Wildman–Crippen MR) is 117 cm³/mol. The molecular formula is C28H28. The highest BCUT2D eigenvalue weighted by Gasteiger charge is 2.57. The lowest BCUT2D eigenvalue weighted by Gasteiger charge is -2.40.